The summed E-state index contributed by atoms with van der Waals surface area (Å²) in [6.07, 6.45) is 7.87. The molecule has 2 fully saturated rings. The third-order valence-electron chi connectivity index (χ3n) is 5.03. The number of nitrogens with zero attached hydrogens (tertiary/aromatic N) is 3. The van der Waals surface area contributed by atoms with Gasteiger partial charge in [-0.1, -0.05) is 25.7 Å². The minimum absolute atomic E-state index is 0.543. The first-order valence-electron chi connectivity index (χ1n) is 8.92. The zero-order valence-corrected chi connectivity index (χ0v) is 14.7. The van der Waals surface area contributed by atoms with Gasteiger partial charge in [-0.25, -0.2) is 9.97 Å². The molecule has 0 aromatic carbocycles. The fourth-order valence-corrected chi connectivity index (χ4v) is 4.73. The molecular formula is C18H25N3OS. The van der Waals surface area contributed by atoms with E-state index in [1.54, 1.807) is 0 Å². The topological polar surface area (TPSA) is 38.2 Å². The highest BCUT2D eigenvalue weighted by Crippen LogP contribution is 2.36. The Morgan fingerprint density at radius 3 is 2.57 bits per heavy atom. The zero-order chi connectivity index (χ0) is 15.6. The first-order valence-corrected chi connectivity index (χ1v) is 9.74. The minimum atomic E-state index is 0.543. The van der Waals surface area contributed by atoms with Gasteiger partial charge in [0.05, 0.1) is 23.4 Å². The van der Waals surface area contributed by atoms with E-state index in [4.69, 9.17) is 14.7 Å². The number of morpholine rings is 1. The molecule has 0 N–H and O–H groups in total. The SMILES string of the molecule is Cc1cc2nc(C3CCCCCC3)nc(N3CCOCC3)c2s1. The van der Waals surface area contributed by atoms with Crippen LogP contribution in [0.5, 0.6) is 0 Å². The van der Waals surface area contributed by atoms with Crippen LogP contribution in [0.4, 0.5) is 5.82 Å². The first kappa shape index (κ1) is 15.3. The lowest BCUT2D eigenvalue weighted by atomic mass is 9.99. The van der Waals surface area contributed by atoms with E-state index in [1.807, 2.05) is 11.3 Å². The molecule has 1 saturated carbocycles. The van der Waals surface area contributed by atoms with Gasteiger partial charge in [0, 0.05) is 23.9 Å². The molecule has 0 amide bonds. The maximum absolute atomic E-state index is 5.52. The van der Waals surface area contributed by atoms with Crippen LogP contribution >= 0.6 is 11.3 Å². The van der Waals surface area contributed by atoms with Gasteiger partial charge < -0.3 is 9.64 Å². The monoisotopic (exact) mass is 331 g/mol. The van der Waals surface area contributed by atoms with Crippen molar-refractivity contribution in [2.24, 2.45) is 0 Å². The Hall–Kier alpha value is -1.20. The summed E-state index contributed by atoms with van der Waals surface area (Å²) >= 11 is 1.82. The molecule has 0 spiro atoms. The molecule has 2 aromatic rings. The number of hydrogen-bond acceptors (Lipinski definition) is 5. The standard InChI is InChI=1S/C18H25N3OS/c1-13-12-15-16(23-13)18(21-8-10-22-11-9-21)20-17(19-15)14-6-4-2-3-5-7-14/h12,14H,2-11H2,1H3. The lowest BCUT2D eigenvalue weighted by Crippen LogP contribution is -2.37. The summed E-state index contributed by atoms with van der Waals surface area (Å²) in [7, 11) is 0. The van der Waals surface area contributed by atoms with Crippen molar-refractivity contribution in [3.63, 3.8) is 0 Å². The lowest BCUT2D eigenvalue weighted by Gasteiger charge is -2.28. The van der Waals surface area contributed by atoms with E-state index < -0.39 is 0 Å². The molecule has 1 aliphatic heterocycles. The molecule has 0 unspecified atom stereocenters. The maximum Gasteiger partial charge on any atom is 0.150 e. The van der Waals surface area contributed by atoms with Gasteiger partial charge in [0.1, 0.15) is 5.82 Å². The molecule has 2 aromatic heterocycles. The van der Waals surface area contributed by atoms with Crippen LogP contribution in [0.1, 0.15) is 55.1 Å². The number of aromatic nitrogens is 2. The summed E-state index contributed by atoms with van der Waals surface area (Å²) in [5, 5.41) is 0. The quantitative estimate of drug-likeness (QED) is 0.770. The molecule has 1 saturated heterocycles. The minimum Gasteiger partial charge on any atom is -0.378 e. The van der Waals surface area contributed by atoms with Crippen molar-refractivity contribution in [2.75, 3.05) is 31.2 Å². The molecule has 4 nitrogen and oxygen atoms in total. The number of thiophene rings is 1. The van der Waals surface area contributed by atoms with Crippen molar-refractivity contribution in [1.82, 2.24) is 9.97 Å². The van der Waals surface area contributed by atoms with Crippen LogP contribution in [-0.4, -0.2) is 36.3 Å². The van der Waals surface area contributed by atoms with Gasteiger partial charge in [0.25, 0.3) is 0 Å². The van der Waals surface area contributed by atoms with Gasteiger partial charge in [-0.15, -0.1) is 11.3 Å². The molecule has 4 rings (SSSR count). The zero-order valence-electron chi connectivity index (χ0n) is 13.9. The molecular weight excluding hydrogens is 306 g/mol. The Balaban J connectivity index is 1.75. The molecule has 0 bridgehead atoms. The van der Waals surface area contributed by atoms with E-state index >= 15 is 0 Å². The Bertz CT molecular complexity index is 670. The molecule has 5 heteroatoms. The molecule has 0 atom stereocenters. The van der Waals surface area contributed by atoms with E-state index in [0.717, 1.165) is 43.5 Å². The van der Waals surface area contributed by atoms with Gasteiger partial charge in [-0.05, 0) is 25.8 Å². The van der Waals surface area contributed by atoms with Gasteiger partial charge >= 0.3 is 0 Å². The summed E-state index contributed by atoms with van der Waals surface area (Å²) in [5.41, 5.74) is 1.14. The molecule has 0 radical (unpaired) electrons. The van der Waals surface area contributed by atoms with Crippen molar-refractivity contribution < 1.29 is 4.74 Å². The van der Waals surface area contributed by atoms with E-state index in [2.05, 4.69) is 17.9 Å². The van der Waals surface area contributed by atoms with Crippen LogP contribution in [0.25, 0.3) is 10.2 Å². The fraction of sp³-hybridized carbons (Fsp3) is 0.667. The lowest BCUT2D eigenvalue weighted by molar-refractivity contribution is 0.122. The van der Waals surface area contributed by atoms with Crippen molar-refractivity contribution in [2.45, 2.75) is 51.4 Å². The van der Waals surface area contributed by atoms with Crippen LogP contribution in [0, 0.1) is 6.92 Å². The number of rotatable bonds is 2. The highest BCUT2D eigenvalue weighted by molar-refractivity contribution is 7.19. The third kappa shape index (κ3) is 3.22. The smallest absolute Gasteiger partial charge is 0.150 e. The predicted molar refractivity (Wildman–Crippen MR) is 95.6 cm³/mol. The molecule has 3 heterocycles. The van der Waals surface area contributed by atoms with Gasteiger partial charge in [0.2, 0.25) is 0 Å². The summed E-state index contributed by atoms with van der Waals surface area (Å²) in [6, 6.07) is 2.23. The number of hydrogen-bond donors (Lipinski definition) is 0. The van der Waals surface area contributed by atoms with E-state index in [1.165, 1.54) is 48.1 Å². The number of anilines is 1. The Labute approximate surface area is 141 Å². The highest BCUT2D eigenvalue weighted by Gasteiger charge is 2.23. The molecule has 1 aliphatic carbocycles. The van der Waals surface area contributed by atoms with Crippen molar-refractivity contribution in [1.29, 1.82) is 0 Å². The van der Waals surface area contributed by atoms with Crippen LogP contribution in [-0.2, 0) is 4.74 Å². The summed E-state index contributed by atoms with van der Waals surface area (Å²) in [6.45, 7) is 5.64. The molecule has 23 heavy (non-hydrogen) atoms. The average Bonchev–Trinajstić information content (AvgIpc) is 2.78. The summed E-state index contributed by atoms with van der Waals surface area (Å²) in [4.78, 5) is 13.7. The first-order chi connectivity index (χ1) is 11.3. The Morgan fingerprint density at radius 2 is 1.83 bits per heavy atom. The largest absolute Gasteiger partial charge is 0.378 e. The van der Waals surface area contributed by atoms with Gasteiger partial charge in [0.15, 0.2) is 5.82 Å². The van der Waals surface area contributed by atoms with Gasteiger partial charge in [-0.2, -0.15) is 0 Å². The second-order valence-corrected chi connectivity index (χ2v) is 8.02. The van der Waals surface area contributed by atoms with E-state index in [9.17, 15) is 0 Å². The second kappa shape index (κ2) is 6.73. The Kier molecular flexibility index (Phi) is 4.49. The Morgan fingerprint density at radius 1 is 1.09 bits per heavy atom. The fourth-order valence-electron chi connectivity index (χ4n) is 3.76. The number of fused-ring (bicyclic) bond motifs is 1. The van der Waals surface area contributed by atoms with Crippen molar-refractivity contribution in [3.8, 4) is 0 Å². The van der Waals surface area contributed by atoms with Crippen LogP contribution < -0.4 is 4.90 Å². The maximum atomic E-state index is 5.52. The predicted octanol–water partition coefficient (Wildman–Crippen LogP) is 4.27. The third-order valence-corrected chi connectivity index (χ3v) is 6.06. The normalized spacial score (nSPS) is 20.8. The van der Waals surface area contributed by atoms with Gasteiger partial charge in [-0.3, -0.25) is 0 Å². The van der Waals surface area contributed by atoms with Crippen molar-refractivity contribution >= 4 is 27.4 Å². The van der Waals surface area contributed by atoms with Crippen LogP contribution in [0.3, 0.4) is 0 Å². The summed E-state index contributed by atoms with van der Waals surface area (Å²) in [5.74, 6) is 2.77. The molecule has 2 aliphatic rings. The van der Waals surface area contributed by atoms with E-state index in [0.29, 0.717) is 5.92 Å². The summed E-state index contributed by atoms with van der Waals surface area (Å²) < 4.78 is 6.77. The number of aryl methyl sites for hydroxylation is 1. The van der Waals surface area contributed by atoms with Crippen LogP contribution in [0.2, 0.25) is 0 Å². The van der Waals surface area contributed by atoms with Crippen LogP contribution in [0.15, 0.2) is 6.07 Å². The van der Waals surface area contributed by atoms with E-state index in [-0.39, 0.29) is 0 Å². The molecule has 124 valence electrons. The highest BCUT2D eigenvalue weighted by atomic mass is 32.1. The van der Waals surface area contributed by atoms with Crippen molar-refractivity contribution in [3.05, 3.63) is 16.8 Å². The number of ether oxygens (including phenoxy) is 1. The second-order valence-electron chi connectivity index (χ2n) is 6.76. The average molecular weight is 331 g/mol.